The highest BCUT2D eigenvalue weighted by atomic mass is 16.2. The lowest BCUT2D eigenvalue weighted by atomic mass is 9.53. The van der Waals surface area contributed by atoms with E-state index in [9.17, 15) is 9.59 Å². The monoisotopic (exact) mass is 383 g/mol. The van der Waals surface area contributed by atoms with E-state index in [4.69, 9.17) is 0 Å². The second-order valence-corrected chi connectivity index (χ2v) is 8.67. The smallest absolute Gasteiger partial charge is 0.315 e. The predicted molar refractivity (Wildman–Crippen MR) is 101 cm³/mol. The van der Waals surface area contributed by atoms with Gasteiger partial charge in [-0.1, -0.05) is 0 Å². The van der Waals surface area contributed by atoms with Gasteiger partial charge in [0.15, 0.2) is 5.82 Å². The first-order valence-corrected chi connectivity index (χ1v) is 10.1. The van der Waals surface area contributed by atoms with Gasteiger partial charge in [0.25, 0.3) is 5.56 Å². The van der Waals surface area contributed by atoms with Crippen LogP contribution in [0.1, 0.15) is 38.5 Å². The number of hydrogen-bond donors (Lipinski definition) is 2. The van der Waals surface area contributed by atoms with Gasteiger partial charge in [-0.2, -0.15) is 5.10 Å². The summed E-state index contributed by atoms with van der Waals surface area (Å²) >= 11 is 0. The van der Waals surface area contributed by atoms with Crippen molar-refractivity contribution in [2.45, 2.75) is 50.6 Å². The second kappa shape index (κ2) is 6.72. The van der Waals surface area contributed by atoms with Crippen LogP contribution in [0.5, 0.6) is 0 Å². The minimum atomic E-state index is -0.216. The molecule has 6 rings (SSSR count). The summed E-state index contributed by atoms with van der Waals surface area (Å²) in [6.07, 6.45) is 10.3. The van der Waals surface area contributed by atoms with Crippen LogP contribution < -0.4 is 16.2 Å². The first-order chi connectivity index (χ1) is 13.6. The molecular weight excluding hydrogens is 358 g/mol. The van der Waals surface area contributed by atoms with Crippen molar-refractivity contribution in [2.24, 2.45) is 17.8 Å². The van der Waals surface area contributed by atoms with Gasteiger partial charge in [-0.25, -0.2) is 19.1 Å². The van der Waals surface area contributed by atoms with E-state index < -0.39 is 0 Å². The largest absolute Gasteiger partial charge is 0.336 e. The number of hydrogen-bond acceptors (Lipinski definition) is 5. The Morgan fingerprint density at radius 2 is 1.86 bits per heavy atom. The molecule has 2 aromatic rings. The van der Waals surface area contributed by atoms with Crippen LogP contribution in [-0.4, -0.2) is 42.7 Å². The van der Waals surface area contributed by atoms with Crippen LogP contribution in [0.15, 0.2) is 29.6 Å². The number of nitrogens with zero attached hydrogens (tertiary/aromatic N) is 5. The maximum atomic E-state index is 12.5. The molecule has 2 aromatic heterocycles. The highest BCUT2D eigenvalue weighted by Gasteiger charge is 2.51. The van der Waals surface area contributed by atoms with Crippen LogP contribution in [0.2, 0.25) is 0 Å². The molecule has 0 saturated heterocycles. The van der Waals surface area contributed by atoms with E-state index in [0.717, 1.165) is 37.0 Å². The average Bonchev–Trinajstić information content (AvgIpc) is 3.16. The SMILES string of the molecule is O=C(NCCn1nc(-n2cncn2)ccc1=O)NC12CC3CC(CC(C3)C1)C2. The molecule has 2 heterocycles. The fraction of sp³-hybridized carbons (Fsp3) is 0.632. The van der Waals surface area contributed by atoms with Crippen molar-refractivity contribution < 1.29 is 4.79 Å². The Bertz CT molecular complexity index is 885. The van der Waals surface area contributed by atoms with Crippen molar-refractivity contribution >= 4 is 6.03 Å². The van der Waals surface area contributed by atoms with Gasteiger partial charge in [0, 0.05) is 18.2 Å². The van der Waals surface area contributed by atoms with Gasteiger partial charge >= 0.3 is 6.03 Å². The predicted octanol–water partition coefficient (Wildman–Crippen LogP) is 1.09. The summed E-state index contributed by atoms with van der Waals surface area (Å²) in [6.45, 7) is 0.640. The molecule has 0 unspecified atom stereocenters. The molecule has 4 bridgehead atoms. The van der Waals surface area contributed by atoms with Crippen molar-refractivity contribution in [2.75, 3.05) is 6.54 Å². The third-order valence-corrected chi connectivity index (χ3v) is 6.53. The molecule has 9 heteroatoms. The molecule has 4 aliphatic rings. The Balaban J connectivity index is 1.18. The molecular formula is C19H25N7O2. The van der Waals surface area contributed by atoms with Gasteiger partial charge in [0.05, 0.1) is 6.54 Å². The van der Waals surface area contributed by atoms with Crippen LogP contribution in [-0.2, 0) is 6.54 Å². The van der Waals surface area contributed by atoms with Crippen molar-refractivity contribution in [3.8, 4) is 5.82 Å². The zero-order valence-corrected chi connectivity index (χ0v) is 15.8. The van der Waals surface area contributed by atoms with Gasteiger partial charge in [-0.15, -0.1) is 5.10 Å². The van der Waals surface area contributed by atoms with Crippen molar-refractivity contribution in [3.63, 3.8) is 0 Å². The normalized spacial score (nSPS) is 30.4. The van der Waals surface area contributed by atoms with Crippen LogP contribution in [0, 0.1) is 17.8 Å². The summed E-state index contributed by atoms with van der Waals surface area (Å²) < 4.78 is 2.82. The first-order valence-electron chi connectivity index (χ1n) is 10.1. The molecule has 2 N–H and O–H groups in total. The Morgan fingerprint density at radius 1 is 1.14 bits per heavy atom. The van der Waals surface area contributed by atoms with Gasteiger partial charge in [0.2, 0.25) is 0 Å². The fourth-order valence-corrected chi connectivity index (χ4v) is 5.87. The van der Waals surface area contributed by atoms with Crippen molar-refractivity contribution in [1.82, 2.24) is 35.2 Å². The average molecular weight is 383 g/mol. The minimum absolute atomic E-state index is 0.0130. The zero-order valence-electron chi connectivity index (χ0n) is 15.8. The van der Waals surface area contributed by atoms with Crippen molar-refractivity contribution in [3.05, 3.63) is 35.1 Å². The summed E-state index contributed by atoms with van der Waals surface area (Å²) in [5, 5.41) is 14.5. The Kier molecular flexibility index (Phi) is 4.17. The van der Waals surface area contributed by atoms with Gasteiger partial charge < -0.3 is 10.6 Å². The maximum absolute atomic E-state index is 12.5. The molecule has 0 aliphatic heterocycles. The van der Waals surface area contributed by atoms with Gasteiger partial charge in [0.1, 0.15) is 12.7 Å². The molecule has 0 aromatic carbocycles. The van der Waals surface area contributed by atoms with Crippen LogP contribution in [0.4, 0.5) is 4.79 Å². The van der Waals surface area contributed by atoms with Gasteiger partial charge in [-0.05, 0) is 62.3 Å². The molecule has 0 spiro atoms. The number of urea groups is 1. The lowest BCUT2D eigenvalue weighted by molar-refractivity contribution is -0.0135. The molecule has 28 heavy (non-hydrogen) atoms. The van der Waals surface area contributed by atoms with E-state index in [-0.39, 0.29) is 17.1 Å². The summed E-state index contributed by atoms with van der Waals surface area (Å²) in [5.74, 6) is 2.87. The highest BCUT2D eigenvalue weighted by Crippen LogP contribution is 2.55. The lowest BCUT2D eigenvalue weighted by Gasteiger charge is -2.56. The number of carbonyl (C=O) groups is 1. The summed E-state index contributed by atoms with van der Waals surface area (Å²) in [7, 11) is 0. The highest BCUT2D eigenvalue weighted by molar-refractivity contribution is 5.74. The molecule has 2 amide bonds. The second-order valence-electron chi connectivity index (χ2n) is 8.67. The van der Waals surface area contributed by atoms with E-state index in [0.29, 0.717) is 18.9 Å². The Hall–Kier alpha value is -2.71. The van der Waals surface area contributed by atoms with E-state index in [2.05, 4.69) is 25.8 Å². The van der Waals surface area contributed by atoms with Crippen LogP contribution in [0.25, 0.3) is 5.82 Å². The Labute approximate surface area is 162 Å². The molecule has 4 saturated carbocycles. The third-order valence-electron chi connectivity index (χ3n) is 6.53. The number of nitrogens with one attached hydrogen (secondary N) is 2. The molecule has 0 atom stereocenters. The number of carbonyl (C=O) groups excluding carboxylic acids is 1. The standard InChI is InChI=1S/C19H25N7O2/c27-17-2-1-16(26-12-20-11-22-26)24-25(17)4-3-21-18(28)23-19-8-13-5-14(9-19)7-15(6-13)10-19/h1-2,11-15H,3-10H2,(H2,21,23,28). The van der Waals surface area contributed by atoms with Gasteiger partial charge in [-0.3, -0.25) is 4.79 Å². The quantitative estimate of drug-likeness (QED) is 0.804. The molecule has 4 aliphatic carbocycles. The Morgan fingerprint density at radius 3 is 2.50 bits per heavy atom. The number of rotatable bonds is 5. The summed E-state index contributed by atoms with van der Waals surface area (Å²) in [4.78, 5) is 28.4. The molecule has 0 radical (unpaired) electrons. The van der Waals surface area contributed by atoms with Crippen LogP contribution >= 0.6 is 0 Å². The molecule has 9 nitrogen and oxygen atoms in total. The topological polar surface area (TPSA) is 107 Å². The summed E-state index contributed by atoms with van der Waals surface area (Å²) in [5.41, 5.74) is -0.229. The van der Waals surface area contributed by atoms with Crippen molar-refractivity contribution in [1.29, 1.82) is 0 Å². The van der Waals surface area contributed by atoms with E-state index in [1.165, 1.54) is 47.3 Å². The van der Waals surface area contributed by atoms with E-state index >= 15 is 0 Å². The third kappa shape index (κ3) is 3.29. The summed E-state index contributed by atoms with van der Waals surface area (Å²) in [6, 6.07) is 2.91. The van der Waals surface area contributed by atoms with E-state index in [1.807, 2.05) is 0 Å². The fourth-order valence-electron chi connectivity index (χ4n) is 5.87. The number of aromatic nitrogens is 5. The zero-order chi connectivity index (χ0) is 19.1. The maximum Gasteiger partial charge on any atom is 0.315 e. The van der Waals surface area contributed by atoms with E-state index in [1.54, 1.807) is 6.07 Å². The lowest BCUT2D eigenvalue weighted by Crippen LogP contribution is -2.61. The first kappa shape index (κ1) is 17.4. The minimum Gasteiger partial charge on any atom is -0.336 e. The number of amides is 2. The molecule has 4 fully saturated rings. The molecule has 148 valence electrons. The van der Waals surface area contributed by atoms with Crippen LogP contribution in [0.3, 0.4) is 0 Å².